The van der Waals surface area contributed by atoms with E-state index >= 15 is 0 Å². The van der Waals surface area contributed by atoms with Crippen LogP contribution in [-0.4, -0.2) is 12.1 Å². The van der Waals surface area contributed by atoms with Crippen molar-refractivity contribution < 1.29 is 4.74 Å². The molecule has 0 aliphatic heterocycles. The van der Waals surface area contributed by atoms with Gasteiger partial charge in [0.05, 0.1) is 24.4 Å². The van der Waals surface area contributed by atoms with Crippen LogP contribution in [0.5, 0.6) is 5.75 Å². The molecule has 0 saturated carbocycles. The minimum absolute atomic E-state index is 0.552. The molecule has 1 heterocycles. The van der Waals surface area contributed by atoms with Gasteiger partial charge in [0.15, 0.2) is 0 Å². The van der Waals surface area contributed by atoms with Crippen molar-refractivity contribution >= 4 is 23.1 Å². The Balaban J connectivity index is 2.38. The molecule has 19 heavy (non-hydrogen) atoms. The second-order valence-corrected chi connectivity index (χ2v) is 4.40. The third kappa shape index (κ3) is 3.15. The number of hydrogen-bond donors (Lipinski definition) is 1. The number of methoxy groups -OCH3 is 1. The standard InChI is InChI=1S/C14H12ClN3O/c1-9-5-10(8-16)6-14(17-9)18-12-7-11(15)3-4-13(12)19-2/h3-7H,1-2H3,(H,17,18). The van der Waals surface area contributed by atoms with Crippen LogP contribution in [0.3, 0.4) is 0 Å². The number of pyridine rings is 1. The van der Waals surface area contributed by atoms with Gasteiger partial charge in [-0.2, -0.15) is 5.26 Å². The SMILES string of the molecule is COc1ccc(Cl)cc1Nc1cc(C#N)cc(C)n1. The Bertz CT molecular complexity index is 650. The molecule has 2 rings (SSSR count). The Morgan fingerprint density at radius 3 is 2.79 bits per heavy atom. The predicted octanol–water partition coefficient (Wildman–Crippen LogP) is 3.67. The van der Waals surface area contributed by atoms with Crippen LogP contribution in [0.15, 0.2) is 30.3 Å². The Kier molecular flexibility index (Phi) is 3.88. The molecule has 0 unspecified atom stereocenters. The number of benzene rings is 1. The summed E-state index contributed by atoms with van der Waals surface area (Å²) in [6.07, 6.45) is 0. The molecule has 0 spiro atoms. The number of aryl methyl sites for hydroxylation is 1. The van der Waals surface area contributed by atoms with Crippen molar-refractivity contribution in [3.05, 3.63) is 46.6 Å². The number of hydrogen-bond acceptors (Lipinski definition) is 4. The number of ether oxygens (including phenoxy) is 1. The molecule has 0 bridgehead atoms. The minimum atomic E-state index is 0.552. The van der Waals surface area contributed by atoms with Crippen LogP contribution < -0.4 is 10.1 Å². The molecule has 0 amide bonds. The number of halogens is 1. The Morgan fingerprint density at radius 1 is 1.32 bits per heavy atom. The molecule has 5 heteroatoms. The smallest absolute Gasteiger partial charge is 0.142 e. The molecule has 1 aromatic carbocycles. The molecular weight excluding hydrogens is 262 g/mol. The Morgan fingerprint density at radius 2 is 2.11 bits per heavy atom. The summed E-state index contributed by atoms with van der Waals surface area (Å²) in [6.45, 7) is 1.83. The van der Waals surface area contributed by atoms with Gasteiger partial charge in [0.2, 0.25) is 0 Å². The highest BCUT2D eigenvalue weighted by Gasteiger charge is 2.06. The highest BCUT2D eigenvalue weighted by Crippen LogP contribution is 2.30. The first-order chi connectivity index (χ1) is 9.12. The predicted molar refractivity (Wildman–Crippen MR) is 75.0 cm³/mol. The molecule has 0 fully saturated rings. The second-order valence-electron chi connectivity index (χ2n) is 3.96. The van der Waals surface area contributed by atoms with E-state index in [4.69, 9.17) is 21.6 Å². The first-order valence-electron chi connectivity index (χ1n) is 5.61. The molecular formula is C14H12ClN3O. The maximum atomic E-state index is 8.95. The number of aromatic nitrogens is 1. The number of nitrogens with zero attached hydrogens (tertiary/aromatic N) is 2. The number of rotatable bonds is 3. The van der Waals surface area contributed by atoms with E-state index < -0.39 is 0 Å². The zero-order valence-electron chi connectivity index (χ0n) is 10.6. The van der Waals surface area contributed by atoms with E-state index in [2.05, 4.69) is 16.4 Å². The van der Waals surface area contributed by atoms with Gasteiger partial charge in [-0.15, -0.1) is 0 Å². The fraction of sp³-hybridized carbons (Fsp3) is 0.143. The molecule has 96 valence electrons. The monoisotopic (exact) mass is 273 g/mol. The van der Waals surface area contributed by atoms with Crippen molar-refractivity contribution in [1.82, 2.24) is 4.98 Å². The maximum absolute atomic E-state index is 8.95. The lowest BCUT2D eigenvalue weighted by atomic mass is 10.2. The quantitative estimate of drug-likeness (QED) is 0.927. The maximum Gasteiger partial charge on any atom is 0.142 e. The molecule has 0 saturated heterocycles. The van der Waals surface area contributed by atoms with Crippen LogP contribution in [0.4, 0.5) is 11.5 Å². The van der Waals surface area contributed by atoms with Crippen LogP contribution in [-0.2, 0) is 0 Å². The van der Waals surface area contributed by atoms with Crippen LogP contribution >= 0.6 is 11.6 Å². The number of nitrogens with one attached hydrogen (secondary N) is 1. The summed E-state index contributed by atoms with van der Waals surface area (Å²) in [5, 5.41) is 12.6. The van der Waals surface area contributed by atoms with Gasteiger partial charge in [-0.05, 0) is 37.3 Å². The average molecular weight is 274 g/mol. The van der Waals surface area contributed by atoms with Crippen molar-refractivity contribution in [2.45, 2.75) is 6.92 Å². The summed E-state index contributed by atoms with van der Waals surface area (Å²) in [7, 11) is 1.58. The van der Waals surface area contributed by atoms with Crippen molar-refractivity contribution in [3.63, 3.8) is 0 Å². The van der Waals surface area contributed by atoms with Gasteiger partial charge in [-0.25, -0.2) is 4.98 Å². The van der Waals surface area contributed by atoms with Crippen molar-refractivity contribution in [1.29, 1.82) is 5.26 Å². The zero-order chi connectivity index (χ0) is 13.8. The number of anilines is 2. The van der Waals surface area contributed by atoms with Crippen LogP contribution in [0.2, 0.25) is 5.02 Å². The lowest BCUT2D eigenvalue weighted by Gasteiger charge is -2.11. The second kappa shape index (κ2) is 5.59. The lowest BCUT2D eigenvalue weighted by Crippen LogP contribution is -1.98. The number of nitriles is 1. The fourth-order valence-electron chi connectivity index (χ4n) is 1.71. The van der Waals surface area contributed by atoms with Gasteiger partial charge in [0.25, 0.3) is 0 Å². The molecule has 0 aliphatic carbocycles. The van der Waals surface area contributed by atoms with E-state index in [9.17, 15) is 0 Å². The van der Waals surface area contributed by atoms with Crippen molar-refractivity contribution in [2.24, 2.45) is 0 Å². The Labute approximate surface area is 116 Å². The topological polar surface area (TPSA) is 57.9 Å². The van der Waals surface area contributed by atoms with E-state index in [1.165, 1.54) is 0 Å². The zero-order valence-corrected chi connectivity index (χ0v) is 11.3. The van der Waals surface area contributed by atoms with Gasteiger partial charge in [0.1, 0.15) is 11.6 Å². The minimum Gasteiger partial charge on any atom is -0.495 e. The molecule has 1 aromatic heterocycles. The molecule has 0 atom stereocenters. The average Bonchev–Trinajstić information content (AvgIpc) is 2.38. The van der Waals surface area contributed by atoms with E-state index in [1.54, 1.807) is 37.4 Å². The first kappa shape index (κ1) is 13.2. The lowest BCUT2D eigenvalue weighted by molar-refractivity contribution is 0.417. The van der Waals surface area contributed by atoms with E-state index in [0.29, 0.717) is 27.8 Å². The van der Waals surface area contributed by atoms with Crippen LogP contribution in [0.1, 0.15) is 11.3 Å². The fourth-order valence-corrected chi connectivity index (χ4v) is 1.89. The van der Waals surface area contributed by atoms with Gasteiger partial charge < -0.3 is 10.1 Å². The first-order valence-corrected chi connectivity index (χ1v) is 5.99. The van der Waals surface area contributed by atoms with Gasteiger partial charge in [0, 0.05) is 10.7 Å². The molecule has 1 N–H and O–H groups in total. The van der Waals surface area contributed by atoms with Crippen LogP contribution in [0, 0.1) is 18.3 Å². The summed E-state index contributed by atoms with van der Waals surface area (Å²) in [6, 6.07) is 10.8. The molecule has 2 aromatic rings. The van der Waals surface area contributed by atoms with Gasteiger partial charge in [-0.1, -0.05) is 11.6 Å². The summed E-state index contributed by atoms with van der Waals surface area (Å²) < 4.78 is 5.25. The summed E-state index contributed by atoms with van der Waals surface area (Å²) in [5.74, 6) is 1.24. The van der Waals surface area contributed by atoms with E-state index in [1.807, 2.05) is 6.92 Å². The van der Waals surface area contributed by atoms with Crippen LogP contribution in [0.25, 0.3) is 0 Å². The van der Waals surface area contributed by atoms with E-state index in [-0.39, 0.29) is 0 Å². The molecule has 0 radical (unpaired) electrons. The van der Waals surface area contributed by atoms with E-state index in [0.717, 1.165) is 5.69 Å². The third-order valence-electron chi connectivity index (χ3n) is 2.51. The highest BCUT2D eigenvalue weighted by atomic mass is 35.5. The normalized spacial score (nSPS) is 9.79. The summed E-state index contributed by atoms with van der Waals surface area (Å²) in [4.78, 5) is 4.32. The third-order valence-corrected chi connectivity index (χ3v) is 2.74. The van der Waals surface area contributed by atoms with Gasteiger partial charge in [-0.3, -0.25) is 0 Å². The molecule has 0 aliphatic rings. The van der Waals surface area contributed by atoms with Gasteiger partial charge >= 0.3 is 0 Å². The summed E-state index contributed by atoms with van der Waals surface area (Å²) in [5.41, 5.74) is 2.02. The van der Waals surface area contributed by atoms with Crippen molar-refractivity contribution in [2.75, 3.05) is 12.4 Å². The van der Waals surface area contributed by atoms with Crippen molar-refractivity contribution in [3.8, 4) is 11.8 Å². The highest BCUT2D eigenvalue weighted by molar-refractivity contribution is 6.31. The Hall–Kier alpha value is -2.25. The summed E-state index contributed by atoms with van der Waals surface area (Å²) >= 11 is 5.96. The largest absolute Gasteiger partial charge is 0.495 e. The molecule has 4 nitrogen and oxygen atoms in total.